The quantitative estimate of drug-likeness (QED) is 0.582. The van der Waals surface area contributed by atoms with E-state index in [1.807, 2.05) is 27.7 Å². The van der Waals surface area contributed by atoms with Gasteiger partial charge in [-0.25, -0.2) is 4.31 Å². The third kappa shape index (κ3) is 2.77. The molecule has 1 atom stereocenters. The lowest BCUT2D eigenvalue weighted by atomic mass is 10.3. The van der Waals surface area contributed by atoms with Crippen LogP contribution >= 0.6 is 0 Å². The van der Waals surface area contributed by atoms with Crippen LogP contribution in [0.1, 0.15) is 27.7 Å². The van der Waals surface area contributed by atoms with Gasteiger partial charge in [0.2, 0.25) is 0 Å². The van der Waals surface area contributed by atoms with Crippen LogP contribution in [0.15, 0.2) is 0 Å². The molecule has 0 aliphatic rings. The molecule has 0 N–H and O–H groups in total. The summed E-state index contributed by atoms with van der Waals surface area (Å²) in [7, 11) is 0. The normalized spacial score (nSPS) is 15.2. The van der Waals surface area contributed by atoms with E-state index in [1.165, 1.54) is 4.31 Å². The summed E-state index contributed by atoms with van der Waals surface area (Å²) in [6.07, 6.45) is 0. The second kappa shape index (κ2) is 4.05. The molecule has 3 nitrogen and oxygen atoms in total. The highest BCUT2D eigenvalue weighted by Gasteiger charge is 2.12. The second-order valence-corrected chi connectivity index (χ2v) is 3.62. The van der Waals surface area contributed by atoms with Gasteiger partial charge in [0, 0.05) is 23.4 Å². The van der Waals surface area contributed by atoms with Gasteiger partial charge in [0.25, 0.3) is 0 Å². The van der Waals surface area contributed by atoms with Crippen molar-refractivity contribution in [1.82, 2.24) is 4.31 Å². The molecule has 0 aliphatic heterocycles. The molecule has 4 heteroatoms. The van der Waals surface area contributed by atoms with Gasteiger partial charge in [-0.1, -0.05) is 0 Å². The molecule has 0 amide bonds. The molecule has 0 fully saturated rings. The zero-order valence-corrected chi connectivity index (χ0v) is 7.64. The molecule has 0 aliphatic carbocycles. The van der Waals surface area contributed by atoms with Crippen LogP contribution in [-0.4, -0.2) is 25.2 Å². The molecule has 0 aromatic rings. The highest BCUT2D eigenvalue weighted by Crippen LogP contribution is 2.05. The van der Waals surface area contributed by atoms with E-state index in [-0.39, 0.29) is 12.1 Å². The number of hydrogen-bond acceptors (Lipinski definition) is 2. The second-order valence-electron chi connectivity index (χ2n) is 2.76. The van der Waals surface area contributed by atoms with Gasteiger partial charge in [-0.2, -0.15) is 0 Å². The van der Waals surface area contributed by atoms with Crippen molar-refractivity contribution in [2.75, 3.05) is 0 Å². The maximum Gasteiger partial charge on any atom is 0.0214 e. The molecular weight excluding hydrogens is 150 g/mol. The predicted molar refractivity (Wildman–Crippen MR) is 41.0 cm³/mol. The fourth-order valence-corrected chi connectivity index (χ4v) is 1.63. The van der Waals surface area contributed by atoms with Crippen molar-refractivity contribution in [3.63, 3.8) is 0 Å². The summed E-state index contributed by atoms with van der Waals surface area (Å²) in [6, 6.07) is 0.108. The fraction of sp³-hybridized carbons (Fsp3) is 1.00. The van der Waals surface area contributed by atoms with E-state index in [9.17, 15) is 8.76 Å². The highest BCUT2D eigenvalue weighted by molar-refractivity contribution is 7.76. The van der Waals surface area contributed by atoms with Crippen molar-refractivity contribution in [1.29, 1.82) is 0 Å². The molecule has 10 heavy (non-hydrogen) atoms. The van der Waals surface area contributed by atoms with Crippen molar-refractivity contribution < 1.29 is 8.76 Å². The van der Waals surface area contributed by atoms with Gasteiger partial charge in [-0.15, -0.1) is 0 Å². The lowest BCUT2D eigenvalue weighted by Crippen LogP contribution is -2.38. The maximum absolute atomic E-state index is 10.5. The summed E-state index contributed by atoms with van der Waals surface area (Å²) >= 11 is -2.08. The van der Waals surface area contributed by atoms with Crippen LogP contribution in [0.25, 0.3) is 0 Å². The third-order valence-electron chi connectivity index (χ3n) is 1.19. The van der Waals surface area contributed by atoms with E-state index >= 15 is 0 Å². The lowest BCUT2D eigenvalue weighted by Gasteiger charge is -2.31. The van der Waals surface area contributed by atoms with Crippen LogP contribution in [0.4, 0.5) is 0 Å². The molecule has 0 saturated heterocycles. The predicted octanol–water partition coefficient (Wildman–Crippen LogP) is 0.899. The Morgan fingerprint density at radius 1 is 1.20 bits per heavy atom. The molecular formula is C6H14NO2S-. The Balaban J connectivity index is 4.12. The molecule has 62 valence electrons. The van der Waals surface area contributed by atoms with Crippen molar-refractivity contribution in [3.8, 4) is 0 Å². The average molecular weight is 164 g/mol. The fourth-order valence-electron chi connectivity index (χ4n) is 0.941. The first-order valence-electron chi connectivity index (χ1n) is 3.34. The number of nitrogens with zero attached hydrogens (tertiary/aromatic N) is 1. The van der Waals surface area contributed by atoms with Gasteiger partial charge in [0.15, 0.2) is 0 Å². The Hall–Kier alpha value is 0.0700. The Morgan fingerprint density at radius 2 is 1.50 bits per heavy atom. The minimum Gasteiger partial charge on any atom is -0.760 e. The molecule has 1 unspecified atom stereocenters. The van der Waals surface area contributed by atoms with E-state index in [4.69, 9.17) is 0 Å². The van der Waals surface area contributed by atoms with E-state index in [0.29, 0.717) is 0 Å². The zero-order chi connectivity index (χ0) is 8.31. The first-order chi connectivity index (χ1) is 4.46. The topological polar surface area (TPSA) is 43.4 Å². The first kappa shape index (κ1) is 10.1. The van der Waals surface area contributed by atoms with Gasteiger partial charge < -0.3 is 4.55 Å². The molecule has 0 aromatic heterocycles. The van der Waals surface area contributed by atoms with Crippen LogP contribution in [0.5, 0.6) is 0 Å². The van der Waals surface area contributed by atoms with Crippen LogP contribution in [0.2, 0.25) is 0 Å². The summed E-state index contributed by atoms with van der Waals surface area (Å²) in [5, 5.41) is 0. The molecule has 0 bridgehead atoms. The molecule has 0 rings (SSSR count). The van der Waals surface area contributed by atoms with Crippen LogP contribution in [-0.2, 0) is 11.3 Å². The lowest BCUT2D eigenvalue weighted by molar-refractivity contribution is 0.291. The minimum absolute atomic E-state index is 0.0540. The standard InChI is InChI=1S/C6H15NO2S/c1-5(2)7(6(3)4)10(8)9/h5-6H,1-4H3,(H,8,9)/p-1. The Morgan fingerprint density at radius 3 is 1.50 bits per heavy atom. The van der Waals surface area contributed by atoms with E-state index in [1.54, 1.807) is 0 Å². The van der Waals surface area contributed by atoms with Gasteiger partial charge in [0.1, 0.15) is 0 Å². The summed E-state index contributed by atoms with van der Waals surface area (Å²) in [6.45, 7) is 7.43. The Kier molecular flexibility index (Phi) is 4.08. The number of hydrogen-bond donors (Lipinski definition) is 0. The number of rotatable bonds is 3. The Bertz CT molecular complexity index is 117. The Labute approximate surface area is 64.8 Å². The van der Waals surface area contributed by atoms with Crippen LogP contribution < -0.4 is 0 Å². The van der Waals surface area contributed by atoms with Crippen molar-refractivity contribution >= 4 is 11.3 Å². The molecule has 0 spiro atoms. The maximum atomic E-state index is 10.5. The SMILES string of the molecule is CC(C)N(C(C)C)S(=O)[O-]. The summed E-state index contributed by atoms with van der Waals surface area (Å²) in [4.78, 5) is 0. The summed E-state index contributed by atoms with van der Waals surface area (Å²) in [5.41, 5.74) is 0. The first-order valence-corrected chi connectivity index (χ1v) is 4.37. The molecule has 0 aromatic carbocycles. The largest absolute Gasteiger partial charge is 0.760 e. The van der Waals surface area contributed by atoms with Crippen LogP contribution in [0.3, 0.4) is 0 Å². The van der Waals surface area contributed by atoms with Gasteiger partial charge in [0.05, 0.1) is 0 Å². The van der Waals surface area contributed by atoms with Crippen molar-refractivity contribution in [3.05, 3.63) is 0 Å². The van der Waals surface area contributed by atoms with Gasteiger partial charge in [-0.3, -0.25) is 4.21 Å². The smallest absolute Gasteiger partial charge is 0.0214 e. The zero-order valence-electron chi connectivity index (χ0n) is 6.83. The summed E-state index contributed by atoms with van der Waals surface area (Å²) < 4.78 is 22.4. The van der Waals surface area contributed by atoms with Gasteiger partial charge in [-0.05, 0) is 27.7 Å². The molecule has 0 radical (unpaired) electrons. The minimum atomic E-state index is -2.08. The molecule has 0 heterocycles. The van der Waals surface area contributed by atoms with Gasteiger partial charge >= 0.3 is 0 Å². The van der Waals surface area contributed by atoms with Crippen LogP contribution in [0, 0.1) is 0 Å². The van der Waals surface area contributed by atoms with E-state index in [2.05, 4.69) is 0 Å². The molecule has 0 saturated carbocycles. The monoisotopic (exact) mass is 164 g/mol. The van der Waals surface area contributed by atoms with Crippen molar-refractivity contribution in [2.45, 2.75) is 39.8 Å². The summed E-state index contributed by atoms with van der Waals surface area (Å²) in [5.74, 6) is 0. The highest BCUT2D eigenvalue weighted by atomic mass is 32.2. The van der Waals surface area contributed by atoms with Crippen molar-refractivity contribution in [2.24, 2.45) is 0 Å². The van der Waals surface area contributed by atoms with E-state index < -0.39 is 11.3 Å². The van der Waals surface area contributed by atoms with E-state index in [0.717, 1.165) is 0 Å². The average Bonchev–Trinajstić information content (AvgIpc) is 1.59. The third-order valence-corrected chi connectivity index (χ3v) is 2.38.